The standard InChI is InChI=1S/C13H22ClN3O/c1-5-6-18-12-7-10(3)15-13(17-12)16-11(4)9(2)8-14/h7,9,11H,5-6,8H2,1-4H3,(H,15,16,17). The third kappa shape index (κ3) is 4.69. The minimum atomic E-state index is 0.225. The summed E-state index contributed by atoms with van der Waals surface area (Å²) in [6.45, 7) is 8.84. The quantitative estimate of drug-likeness (QED) is 0.774. The number of hydrogen-bond acceptors (Lipinski definition) is 4. The van der Waals surface area contributed by atoms with E-state index < -0.39 is 0 Å². The molecule has 0 fully saturated rings. The van der Waals surface area contributed by atoms with E-state index in [0.29, 0.717) is 30.2 Å². The molecule has 1 N–H and O–H groups in total. The monoisotopic (exact) mass is 271 g/mol. The highest BCUT2D eigenvalue weighted by Gasteiger charge is 2.13. The predicted molar refractivity (Wildman–Crippen MR) is 75.5 cm³/mol. The van der Waals surface area contributed by atoms with Crippen molar-refractivity contribution in [2.24, 2.45) is 5.92 Å². The minimum absolute atomic E-state index is 0.225. The summed E-state index contributed by atoms with van der Waals surface area (Å²) in [4.78, 5) is 8.69. The van der Waals surface area contributed by atoms with Gasteiger partial charge in [0.15, 0.2) is 0 Å². The smallest absolute Gasteiger partial charge is 0.226 e. The molecule has 0 aliphatic rings. The van der Waals surface area contributed by atoms with Crippen LogP contribution < -0.4 is 10.1 Å². The molecular formula is C13H22ClN3O. The Labute approximate surface area is 114 Å². The van der Waals surface area contributed by atoms with Crippen molar-refractivity contribution in [2.75, 3.05) is 17.8 Å². The highest BCUT2D eigenvalue weighted by molar-refractivity contribution is 6.18. The van der Waals surface area contributed by atoms with Gasteiger partial charge in [0.25, 0.3) is 0 Å². The molecular weight excluding hydrogens is 250 g/mol. The van der Waals surface area contributed by atoms with Crippen molar-refractivity contribution >= 4 is 17.5 Å². The molecule has 0 spiro atoms. The molecule has 0 amide bonds. The lowest BCUT2D eigenvalue weighted by Gasteiger charge is -2.19. The van der Waals surface area contributed by atoms with Crippen molar-refractivity contribution in [3.8, 4) is 5.88 Å². The van der Waals surface area contributed by atoms with Crippen molar-refractivity contribution in [1.29, 1.82) is 0 Å². The van der Waals surface area contributed by atoms with Gasteiger partial charge in [0.2, 0.25) is 11.8 Å². The first kappa shape index (κ1) is 15.0. The summed E-state index contributed by atoms with van der Waals surface area (Å²) in [5, 5.41) is 3.26. The molecule has 0 radical (unpaired) electrons. The summed E-state index contributed by atoms with van der Waals surface area (Å²) in [5.41, 5.74) is 0.893. The van der Waals surface area contributed by atoms with Gasteiger partial charge in [-0.25, -0.2) is 4.98 Å². The number of anilines is 1. The van der Waals surface area contributed by atoms with Crippen molar-refractivity contribution in [1.82, 2.24) is 9.97 Å². The Bertz CT molecular complexity index is 373. The second-order valence-electron chi connectivity index (χ2n) is 4.58. The Balaban J connectivity index is 2.73. The van der Waals surface area contributed by atoms with Gasteiger partial charge in [-0.05, 0) is 26.2 Å². The van der Waals surface area contributed by atoms with Crippen LogP contribution in [0.15, 0.2) is 6.07 Å². The molecule has 0 bridgehead atoms. The zero-order chi connectivity index (χ0) is 13.5. The molecule has 1 aromatic rings. The Hall–Kier alpha value is -1.03. The summed E-state index contributed by atoms with van der Waals surface area (Å²) in [7, 11) is 0. The van der Waals surface area contributed by atoms with Crippen molar-refractivity contribution in [2.45, 2.75) is 40.2 Å². The molecule has 1 heterocycles. The number of alkyl halides is 1. The van der Waals surface area contributed by atoms with Gasteiger partial charge in [0.1, 0.15) is 0 Å². The molecule has 102 valence electrons. The lowest BCUT2D eigenvalue weighted by molar-refractivity contribution is 0.304. The lowest BCUT2D eigenvalue weighted by atomic mass is 10.1. The van der Waals surface area contributed by atoms with Gasteiger partial charge in [0.05, 0.1) is 6.61 Å². The lowest BCUT2D eigenvalue weighted by Crippen LogP contribution is -2.26. The van der Waals surface area contributed by atoms with E-state index in [9.17, 15) is 0 Å². The molecule has 1 aromatic heterocycles. The fourth-order valence-corrected chi connectivity index (χ4v) is 1.63. The summed E-state index contributed by atoms with van der Waals surface area (Å²) < 4.78 is 5.53. The molecule has 0 aliphatic carbocycles. The highest BCUT2D eigenvalue weighted by Crippen LogP contribution is 2.15. The first-order chi connectivity index (χ1) is 8.56. The third-order valence-corrected chi connectivity index (χ3v) is 3.23. The normalized spacial score (nSPS) is 14.1. The van der Waals surface area contributed by atoms with Crippen LogP contribution in [-0.4, -0.2) is 28.5 Å². The second-order valence-corrected chi connectivity index (χ2v) is 4.89. The number of aromatic nitrogens is 2. The van der Waals surface area contributed by atoms with E-state index in [1.165, 1.54) is 0 Å². The Morgan fingerprint density at radius 2 is 2.11 bits per heavy atom. The first-order valence-electron chi connectivity index (χ1n) is 6.37. The Morgan fingerprint density at radius 1 is 1.39 bits per heavy atom. The van der Waals surface area contributed by atoms with Crippen LogP contribution in [0.5, 0.6) is 5.88 Å². The van der Waals surface area contributed by atoms with Crippen LogP contribution in [0.2, 0.25) is 0 Å². The zero-order valence-electron chi connectivity index (χ0n) is 11.5. The number of hydrogen-bond donors (Lipinski definition) is 1. The average molecular weight is 272 g/mol. The molecule has 5 heteroatoms. The fourth-order valence-electron chi connectivity index (χ4n) is 1.36. The van der Waals surface area contributed by atoms with E-state index in [-0.39, 0.29) is 6.04 Å². The van der Waals surface area contributed by atoms with Gasteiger partial charge >= 0.3 is 0 Å². The molecule has 0 saturated carbocycles. The number of rotatable bonds is 7. The molecule has 0 saturated heterocycles. The van der Waals surface area contributed by atoms with Gasteiger partial charge in [-0.2, -0.15) is 4.98 Å². The van der Waals surface area contributed by atoms with E-state index in [2.05, 4.69) is 36.1 Å². The van der Waals surface area contributed by atoms with Gasteiger partial charge in [-0.3, -0.25) is 0 Å². The second kappa shape index (κ2) is 7.41. The van der Waals surface area contributed by atoms with Gasteiger partial charge < -0.3 is 10.1 Å². The van der Waals surface area contributed by atoms with Crippen LogP contribution in [0.3, 0.4) is 0 Å². The number of ether oxygens (including phenoxy) is 1. The van der Waals surface area contributed by atoms with Crippen LogP contribution in [0.4, 0.5) is 5.95 Å². The molecule has 4 nitrogen and oxygen atoms in total. The van der Waals surface area contributed by atoms with Crippen LogP contribution in [0.25, 0.3) is 0 Å². The minimum Gasteiger partial charge on any atom is -0.478 e. The third-order valence-electron chi connectivity index (χ3n) is 2.74. The van der Waals surface area contributed by atoms with Crippen molar-refractivity contribution < 1.29 is 4.74 Å². The van der Waals surface area contributed by atoms with Crippen molar-refractivity contribution in [3.63, 3.8) is 0 Å². The van der Waals surface area contributed by atoms with E-state index >= 15 is 0 Å². The summed E-state index contributed by atoms with van der Waals surface area (Å²) in [6, 6.07) is 2.07. The Kier molecular flexibility index (Phi) is 6.19. The predicted octanol–water partition coefficient (Wildman–Crippen LogP) is 3.25. The first-order valence-corrected chi connectivity index (χ1v) is 6.91. The van der Waals surface area contributed by atoms with Gasteiger partial charge in [-0.15, -0.1) is 11.6 Å². The largest absolute Gasteiger partial charge is 0.478 e. The summed E-state index contributed by atoms with van der Waals surface area (Å²) in [5.74, 6) is 2.19. The molecule has 1 rings (SSSR count). The maximum atomic E-state index is 5.84. The maximum Gasteiger partial charge on any atom is 0.226 e. The van der Waals surface area contributed by atoms with Gasteiger partial charge in [0, 0.05) is 23.7 Å². The highest BCUT2D eigenvalue weighted by atomic mass is 35.5. The number of nitrogens with one attached hydrogen (secondary N) is 1. The van der Waals surface area contributed by atoms with E-state index in [1.54, 1.807) is 0 Å². The SMILES string of the molecule is CCCOc1cc(C)nc(NC(C)C(C)CCl)n1. The molecule has 0 aromatic carbocycles. The number of halogens is 1. The van der Waals surface area contributed by atoms with Crippen LogP contribution >= 0.6 is 11.6 Å². The summed E-state index contributed by atoms with van der Waals surface area (Å²) in [6.07, 6.45) is 0.964. The zero-order valence-corrected chi connectivity index (χ0v) is 12.3. The molecule has 0 aliphatic heterocycles. The Morgan fingerprint density at radius 3 is 2.72 bits per heavy atom. The van der Waals surface area contributed by atoms with Crippen LogP contribution in [-0.2, 0) is 0 Å². The fraction of sp³-hybridized carbons (Fsp3) is 0.692. The molecule has 2 unspecified atom stereocenters. The van der Waals surface area contributed by atoms with E-state index in [4.69, 9.17) is 16.3 Å². The number of nitrogens with zero attached hydrogens (tertiary/aromatic N) is 2. The van der Waals surface area contributed by atoms with Crippen LogP contribution in [0.1, 0.15) is 32.9 Å². The maximum absolute atomic E-state index is 5.84. The molecule has 18 heavy (non-hydrogen) atoms. The van der Waals surface area contributed by atoms with Crippen LogP contribution in [0, 0.1) is 12.8 Å². The van der Waals surface area contributed by atoms with Gasteiger partial charge in [-0.1, -0.05) is 13.8 Å². The number of aryl methyl sites for hydroxylation is 1. The van der Waals surface area contributed by atoms with E-state index in [1.807, 2.05) is 13.0 Å². The molecule has 2 atom stereocenters. The summed E-state index contributed by atoms with van der Waals surface area (Å²) >= 11 is 5.84. The van der Waals surface area contributed by atoms with E-state index in [0.717, 1.165) is 12.1 Å². The topological polar surface area (TPSA) is 47.0 Å². The average Bonchev–Trinajstić information content (AvgIpc) is 2.34. The van der Waals surface area contributed by atoms with Crippen molar-refractivity contribution in [3.05, 3.63) is 11.8 Å².